The Kier molecular flexibility index (Phi) is 6.72. The minimum absolute atomic E-state index is 0.126. The Morgan fingerprint density at radius 1 is 1.18 bits per heavy atom. The minimum atomic E-state index is -0.186. The van der Waals surface area contributed by atoms with E-state index in [1.54, 1.807) is 12.1 Å². The first-order valence-electron chi connectivity index (χ1n) is 10.9. The first-order valence-corrected chi connectivity index (χ1v) is 13.7. The van der Waals surface area contributed by atoms with E-state index in [-0.39, 0.29) is 16.6 Å². The summed E-state index contributed by atoms with van der Waals surface area (Å²) in [6.07, 6.45) is 4.82. The molecule has 1 heterocycles. The SMILES string of the molecule is CS(=NCc1ccc(Cl)c(Nc2nc3ccc(C(=O)Nc4ccc(Br)cc4)cc3[nH]2)c1)C1CC1. The first-order chi connectivity index (χ1) is 16.4. The van der Waals surface area contributed by atoms with Gasteiger partial charge in [-0.15, -0.1) is 10.7 Å². The number of fused-ring (bicyclic) bond motifs is 1. The second-order valence-electron chi connectivity index (χ2n) is 8.23. The number of nitrogens with one attached hydrogen (secondary N) is 3. The van der Waals surface area contributed by atoms with Crippen molar-refractivity contribution in [2.75, 3.05) is 16.9 Å². The van der Waals surface area contributed by atoms with Gasteiger partial charge < -0.3 is 15.6 Å². The van der Waals surface area contributed by atoms with Crippen LogP contribution in [0.4, 0.5) is 17.3 Å². The number of rotatable bonds is 7. The number of carbonyl (C=O) groups excluding carboxylic acids is 1. The van der Waals surface area contributed by atoms with Crippen molar-refractivity contribution in [1.29, 1.82) is 0 Å². The van der Waals surface area contributed by atoms with E-state index in [0.717, 1.165) is 37.7 Å². The Morgan fingerprint density at radius 3 is 2.74 bits per heavy atom. The Hall–Kier alpha value is -2.68. The average Bonchev–Trinajstić information content (AvgIpc) is 3.60. The van der Waals surface area contributed by atoms with Crippen LogP contribution < -0.4 is 10.6 Å². The molecule has 1 amide bonds. The molecule has 3 aromatic carbocycles. The number of anilines is 3. The molecule has 1 fully saturated rings. The summed E-state index contributed by atoms with van der Waals surface area (Å²) in [7, 11) is 0.126. The van der Waals surface area contributed by atoms with Gasteiger partial charge in [0, 0.05) is 21.0 Å². The van der Waals surface area contributed by atoms with Crippen LogP contribution in [0.5, 0.6) is 0 Å². The Bertz CT molecular complexity index is 1400. The molecule has 1 saturated carbocycles. The molecule has 4 aromatic rings. The Balaban J connectivity index is 1.31. The molecular formula is C25H23BrClN5OS. The Labute approximate surface area is 213 Å². The van der Waals surface area contributed by atoms with Crippen LogP contribution in [0, 0.1) is 0 Å². The fourth-order valence-corrected chi connectivity index (χ4v) is 5.34. The molecule has 1 aliphatic rings. The number of aromatic nitrogens is 2. The molecule has 1 atom stereocenters. The maximum Gasteiger partial charge on any atom is 0.255 e. The number of aromatic amines is 1. The van der Waals surface area contributed by atoms with Gasteiger partial charge >= 0.3 is 0 Å². The topological polar surface area (TPSA) is 82.2 Å². The molecule has 1 aromatic heterocycles. The lowest BCUT2D eigenvalue weighted by atomic mass is 10.2. The van der Waals surface area contributed by atoms with Crippen LogP contribution in [0.3, 0.4) is 0 Å². The molecule has 1 aliphatic carbocycles. The van der Waals surface area contributed by atoms with Gasteiger partial charge in [-0.1, -0.05) is 33.6 Å². The molecule has 34 heavy (non-hydrogen) atoms. The van der Waals surface area contributed by atoms with Crippen LogP contribution in [0.25, 0.3) is 11.0 Å². The smallest absolute Gasteiger partial charge is 0.255 e. The fraction of sp³-hybridized carbons (Fsp3) is 0.200. The third-order valence-corrected chi connectivity index (χ3v) is 8.42. The van der Waals surface area contributed by atoms with Crippen molar-refractivity contribution >= 4 is 72.5 Å². The predicted molar refractivity (Wildman–Crippen MR) is 145 cm³/mol. The van der Waals surface area contributed by atoms with Crippen molar-refractivity contribution in [3.05, 3.63) is 81.3 Å². The van der Waals surface area contributed by atoms with E-state index in [2.05, 4.69) is 42.8 Å². The highest BCUT2D eigenvalue weighted by Crippen LogP contribution is 2.29. The molecule has 0 spiro atoms. The van der Waals surface area contributed by atoms with Gasteiger partial charge in [0.2, 0.25) is 5.95 Å². The summed E-state index contributed by atoms with van der Waals surface area (Å²) >= 11 is 9.83. The second-order valence-corrected chi connectivity index (χ2v) is 11.5. The molecule has 174 valence electrons. The number of hydrogen-bond acceptors (Lipinski definition) is 4. The zero-order valence-electron chi connectivity index (χ0n) is 18.4. The van der Waals surface area contributed by atoms with Crippen LogP contribution >= 0.6 is 27.5 Å². The summed E-state index contributed by atoms with van der Waals surface area (Å²) in [5.74, 6) is 0.374. The fourth-order valence-electron chi connectivity index (χ4n) is 3.53. The highest BCUT2D eigenvalue weighted by Gasteiger charge is 2.23. The van der Waals surface area contributed by atoms with Gasteiger partial charge in [0.15, 0.2) is 0 Å². The number of halogens is 2. The van der Waals surface area contributed by atoms with Crippen molar-refractivity contribution in [3.8, 4) is 0 Å². The molecule has 0 bridgehead atoms. The third kappa shape index (κ3) is 5.51. The Morgan fingerprint density at radius 2 is 1.97 bits per heavy atom. The largest absolute Gasteiger partial charge is 0.324 e. The maximum absolute atomic E-state index is 12.7. The summed E-state index contributed by atoms with van der Waals surface area (Å²) in [6.45, 7) is 0.679. The summed E-state index contributed by atoms with van der Waals surface area (Å²) < 4.78 is 5.78. The first kappa shape index (κ1) is 23.1. The van der Waals surface area contributed by atoms with Gasteiger partial charge in [-0.25, -0.2) is 4.98 Å². The molecule has 1 unspecified atom stereocenters. The highest BCUT2D eigenvalue weighted by molar-refractivity contribution is 9.10. The number of benzene rings is 3. The van der Waals surface area contributed by atoms with Crippen molar-refractivity contribution in [3.63, 3.8) is 0 Å². The molecule has 0 radical (unpaired) electrons. The van der Waals surface area contributed by atoms with Crippen molar-refractivity contribution in [1.82, 2.24) is 9.97 Å². The van der Waals surface area contributed by atoms with E-state index in [1.165, 1.54) is 12.8 Å². The number of nitrogens with zero attached hydrogens (tertiary/aromatic N) is 2. The van der Waals surface area contributed by atoms with E-state index < -0.39 is 0 Å². The number of H-pyrrole nitrogens is 1. The number of hydrogen-bond donors (Lipinski definition) is 3. The van der Waals surface area contributed by atoms with Crippen molar-refractivity contribution in [2.45, 2.75) is 24.6 Å². The lowest BCUT2D eigenvalue weighted by molar-refractivity contribution is 0.102. The molecule has 6 nitrogen and oxygen atoms in total. The van der Waals surface area contributed by atoms with E-state index in [1.807, 2.05) is 48.5 Å². The van der Waals surface area contributed by atoms with Gasteiger partial charge in [0.1, 0.15) is 0 Å². The van der Waals surface area contributed by atoms with E-state index in [9.17, 15) is 4.79 Å². The highest BCUT2D eigenvalue weighted by atomic mass is 79.9. The second kappa shape index (κ2) is 9.90. The standard InChI is InChI=1S/C25H23BrClN5OS/c1-34(19-8-9-19)28-14-15-2-10-20(27)22(12-15)31-25-30-21-11-3-16(13-23(21)32-25)24(33)29-18-6-4-17(26)5-7-18/h2-7,10-13,19H,8-9,14H2,1H3,(H,29,33)(H2,30,31,32). The van der Waals surface area contributed by atoms with Crippen LogP contribution in [-0.4, -0.2) is 27.4 Å². The number of carbonyl (C=O) groups is 1. The minimum Gasteiger partial charge on any atom is -0.324 e. The van der Waals surface area contributed by atoms with Crippen LogP contribution in [0.1, 0.15) is 28.8 Å². The van der Waals surface area contributed by atoms with Crippen molar-refractivity contribution in [2.24, 2.45) is 4.36 Å². The van der Waals surface area contributed by atoms with Gasteiger partial charge in [0.25, 0.3) is 5.91 Å². The van der Waals surface area contributed by atoms with Crippen LogP contribution in [-0.2, 0) is 17.2 Å². The molecule has 0 saturated heterocycles. The summed E-state index contributed by atoms with van der Waals surface area (Å²) in [5, 5.41) is 7.57. The van der Waals surface area contributed by atoms with Gasteiger partial charge in [-0.05, 0) is 79.3 Å². The molecule has 5 rings (SSSR count). The molecule has 3 N–H and O–H groups in total. The van der Waals surface area contributed by atoms with Crippen LogP contribution in [0.15, 0.2) is 69.5 Å². The van der Waals surface area contributed by atoms with Gasteiger partial charge in [0.05, 0.1) is 28.3 Å². The van der Waals surface area contributed by atoms with Crippen LogP contribution in [0.2, 0.25) is 5.02 Å². The van der Waals surface area contributed by atoms with E-state index >= 15 is 0 Å². The molecule has 0 aliphatic heterocycles. The van der Waals surface area contributed by atoms with E-state index in [4.69, 9.17) is 16.0 Å². The summed E-state index contributed by atoms with van der Waals surface area (Å²) in [6, 6.07) is 18.7. The van der Waals surface area contributed by atoms with Gasteiger partial charge in [-0.3, -0.25) is 9.16 Å². The zero-order valence-corrected chi connectivity index (χ0v) is 21.6. The molecule has 9 heteroatoms. The lowest BCUT2D eigenvalue weighted by Crippen LogP contribution is -2.11. The van der Waals surface area contributed by atoms with E-state index in [0.29, 0.717) is 23.1 Å². The quantitative estimate of drug-likeness (QED) is 0.228. The lowest BCUT2D eigenvalue weighted by Gasteiger charge is -2.08. The summed E-state index contributed by atoms with van der Waals surface area (Å²) in [5.41, 5.74) is 4.66. The third-order valence-electron chi connectivity index (χ3n) is 5.59. The predicted octanol–water partition coefficient (Wildman–Crippen LogP) is 7.07. The normalized spacial score (nSPS) is 14.3. The molecular weight excluding hydrogens is 534 g/mol. The van der Waals surface area contributed by atoms with Crippen molar-refractivity contribution < 1.29 is 4.79 Å². The maximum atomic E-state index is 12.7. The number of amides is 1. The monoisotopic (exact) mass is 555 g/mol. The van der Waals surface area contributed by atoms with Gasteiger partial charge in [-0.2, -0.15) is 0 Å². The number of imidazole rings is 1. The average molecular weight is 557 g/mol. The summed E-state index contributed by atoms with van der Waals surface area (Å²) in [4.78, 5) is 20.5. The zero-order chi connectivity index (χ0) is 23.7.